The van der Waals surface area contributed by atoms with Crippen molar-refractivity contribution in [3.05, 3.63) is 0 Å². The quantitative estimate of drug-likeness (QED) is 0.603. The summed E-state index contributed by atoms with van der Waals surface area (Å²) in [5, 5.41) is 14.3. The molecule has 1 rings (SSSR count). The van der Waals surface area contributed by atoms with Crippen LogP contribution in [0.4, 0.5) is 0 Å². The number of amides is 1. The third kappa shape index (κ3) is 4.28. The molecule has 1 saturated heterocycles. The average Bonchev–Trinajstić information content (AvgIpc) is 2.22. The van der Waals surface area contributed by atoms with Crippen molar-refractivity contribution in [3.8, 4) is 6.07 Å². The minimum Gasteiger partial charge on any atom is -0.354 e. The molecule has 0 spiro atoms. The normalized spacial score (nSPS) is 22.0. The zero-order valence-electron chi connectivity index (χ0n) is 9.12. The maximum Gasteiger partial charge on any atom is 0.234 e. The Morgan fingerprint density at radius 3 is 3.20 bits per heavy atom. The van der Waals surface area contributed by atoms with E-state index in [9.17, 15) is 4.79 Å². The summed E-state index contributed by atoms with van der Waals surface area (Å²) in [6, 6.07) is 2.40. The van der Waals surface area contributed by atoms with Crippen molar-refractivity contribution in [2.75, 3.05) is 32.7 Å². The van der Waals surface area contributed by atoms with Crippen molar-refractivity contribution in [1.82, 2.24) is 15.5 Å². The van der Waals surface area contributed by atoms with Crippen LogP contribution in [0.5, 0.6) is 0 Å². The van der Waals surface area contributed by atoms with Crippen molar-refractivity contribution in [1.29, 1.82) is 5.26 Å². The molecule has 0 radical (unpaired) electrons. The van der Waals surface area contributed by atoms with Gasteiger partial charge in [-0.15, -0.1) is 0 Å². The smallest absolute Gasteiger partial charge is 0.234 e. The number of hydrogen-bond donors (Lipinski definition) is 2. The first kappa shape index (κ1) is 12.0. The molecule has 5 heteroatoms. The van der Waals surface area contributed by atoms with E-state index in [2.05, 4.69) is 22.5 Å². The maximum absolute atomic E-state index is 11.4. The van der Waals surface area contributed by atoms with Crippen LogP contribution in [0, 0.1) is 11.3 Å². The SMILES string of the molecule is CC1CNCCN1CC(=O)NCCC#N. The molecule has 1 amide bonds. The fourth-order valence-corrected chi connectivity index (χ4v) is 1.62. The van der Waals surface area contributed by atoms with Crippen LogP contribution in [-0.2, 0) is 4.79 Å². The zero-order valence-corrected chi connectivity index (χ0v) is 9.12. The number of nitrogens with zero attached hydrogens (tertiary/aromatic N) is 2. The largest absolute Gasteiger partial charge is 0.354 e. The standard InChI is InChI=1S/C10H18N4O/c1-9-7-12-5-6-14(9)8-10(15)13-4-2-3-11/h9,12H,2,4-8H2,1H3,(H,13,15). The summed E-state index contributed by atoms with van der Waals surface area (Å²) in [4.78, 5) is 13.6. The number of rotatable bonds is 4. The lowest BCUT2D eigenvalue weighted by Crippen LogP contribution is -2.52. The molecule has 0 saturated carbocycles. The van der Waals surface area contributed by atoms with E-state index < -0.39 is 0 Å². The number of carbonyl (C=O) groups excluding carboxylic acids is 1. The molecule has 0 aromatic carbocycles. The Morgan fingerprint density at radius 1 is 1.73 bits per heavy atom. The summed E-state index contributed by atoms with van der Waals surface area (Å²) < 4.78 is 0. The van der Waals surface area contributed by atoms with Crippen molar-refractivity contribution in [3.63, 3.8) is 0 Å². The van der Waals surface area contributed by atoms with Crippen LogP contribution in [0.25, 0.3) is 0 Å². The van der Waals surface area contributed by atoms with Gasteiger partial charge in [-0.1, -0.05) is 0 Å². The number of nitriles is 1. The Balaban J connectivity index is 2.21. The highest BCUT2D eigenvalue weighted by molar-refractivity contribution is 5.78. The van der Waals surface area contributed by atoms with Crippen LogP contribution >= 0.6 is 0 Å². The Bertz CT molecular complexity index is 248. The minimum absolute atomic E-state index is 0.0130. The van der Waals surface area contributed by atoms with E-state index in [-0.39, 0.29) is 5.91 Å². The van der Waals surface area contributed by atoms with Crippen LogP contribution in [-0.4, -0.2) is 49.6 Å². The van der Waals surface area contributed by atoms with Gasteiger partial charge in [-0.05, 0) is 6.92 Å². The van der Waals surface area contributed by atoms with E-state index in [1.807, 2.05) is 6.07 Å². The summed E-state index contributed by atoms with van der Waals surface area (Å²) in [7, 11) is 0. The molecule has 0 aromatic heterocycles. The van der Waals surface area contributed by atoms with Crippen LogP contribution in [0.15, 0.2) is 0 Å². The number of hydrogen-bond acceptors (Lipinski definition) is 4. The minimum atomic E-state index is 0.0130. The van der Waals surface area contributed by atoms with Gasteiger partial charge in [0.25, 0.3) is 0 Å². The number of carbonyl (C=O) groups is 1. The Labute approximate surface area is 90.4 Å². The molecule has 2 N–H and O–H groups in total. The lowest BCUT2D eigenvalue weighted by Gasteiger charge is -2.33. The molecular weight excluding hydrogens is 192 g/mol. The molecule has 1 aliphatic heterocycles. The van der Waals surface area contributed by atoms with Gasteiger partial charge in [0.2, 0.25) is 5.91 Å². The zero-order chi connectivity index (χ0) is 11.1. The molecule has 5 nitrogen and oxygen atoms in total. The van der Waals surface area contributed by atoms with E-state index in [1.165, 1.54) is 0 Å². The van der Waals surface area contributed by atoms with E-state index in [1.54, 1.807) is 0 Å². The fraction of sp³-hybridized carbons (Fsp3) is 0.800. The first-order valence-corrected chi connectivity index (χ1v) is 5.32. The predicted molar refractivity (Wildman–Crippen MR) is 57.1 cm³/mol. The van der Waals surface area contributed by atoms with Gasteiger partial charge in [-0.3, -0.25) is 9.69 Å². The second-order valence-electron chi connectivity index (χ2n) is 3.78. The Hall–Kier alpha value is -1.12. The monoisotopic (exact) mass is 210 g/mol. The highest BCUT2D eigenvalue weighted by atomic mass is 16.2. The summed E-state index contributed by atoms with van der Waals surface area (Å²) in [6.07, 6.45) is 0.378. The van der Waals surface area contributed by atoms with Crippen LogP contribution in [0.1, 0.15) is 13.3 Å². The van der Waals surface area contributed by atoms with E-state index in [0.717, 1.165) is 19.6 Å². The number of nitrogens with one attached hydrogen (secondary N) is 2. The Kier molecular flexibility index (Phi) is 5.08. The molecule has 1 fully saturated rings. The molecule has 84 valence electrons. The number of piperazine rings is 1. The lowest BCUT2D eigenvalue weighted by molar-refractivity contribution is -0.122. The van der Waals surface area contributed by atoms with E-state index in [0.29, 0.717) is 25.6 Å². The molecule has 0 aromatic rings. The fourth-order valence-electron chi connectivity index (χ4n) is 1.62. The van der Waals surface area contributed by atoms with Gasteiger partial charge in [0, 0.05) is 32.2 Å². The molecule has 1 heterocycles. The second kappa shape index (κ2) is 6.38. The van der Waals surface area contributed by atoms with Gasteiger partial charge < -0.3 is 10.6 Å². The lowest BCUT2D eigenvalue weighted by atomic mass is 10.2. The van der Waals surface area contributed by atoms with Crippen LogP contribution in [0.2, 0.25) is 0 Å². The first-order chi connectivity index (χ1) is 7.24. The topological polar surface area (TPSA) is 68.2 Å². The van der Waals surface area contributed by atoms with Gasteiger partial charge in [-0.2, -0.15) is 5.26 Å². The molecule has 15 heavy (non-hydrogen) atoms. The van der Waals surface area contributed by atoms with Crippen LogP contribution in [0.3, 0.4) is 0 Å². The highest BCUT2D eigenvalue weighted by Crippen LogP contribution is 2.00. The molecule has 0 bridgehead atoms. The summed E-state index contributed by atoms with van der Waals surface area (Å²) in [5.41, 5.74) is 0. The first-order valence-electron chi connectivity index (χ1n) is 5.32. The summed E-state index contributed by atoms with van der Waals surface area (Å²) in [5.74, 6) is 0.0130. The van der Waals surface area contributed by atoms with Crippen molar-refractivity contribution < 1.29 is 4.79 Å². The van der Waals surface area contributed by atoms with Gasteiger partial charge in [-0.25, -0.2) is 0 Å². The van der Waals surface area contributed by atoms with E-state index in [4.69, 9.17) is 5.26 Å². The molecule has 1 aliphatic rings. The molecule has 0 aliphatic carbocycles. The maximum atomic E-state index is 11.4. The van der Waals surface area contributed by atoms with Crippen molar-refractivity contribution in [2.45, 2.75) is 19.4 Å². The van der Waals surface area contributed by atoms with Gasteiger partial charge in [0.1, 0.15) is 0 Å². The van der Waals surface area contributed by atoms with Gasteiger partial charge in [0.05, 0.1) is 19.0 Å². The van der Waals surface area contributed by atoms with E-state index >= 15 is 0 Å². The average molecular weight is 210 g/mol. The third-order valence-electron chi connectivity index (χ3n) is 2.54. The predicted octanol–water partition coefficient (Wildman–Crippen LogP) is -0.690. The molecular formula is C10H18N4O. The summed E-state index contributed by atoms with van der Waals surface area (Å²) in [6.45, 7) is 5.78. The highest BCUT2D eigenvalue weighted by Gasteiger charge is 2.19. The molecule has 1 unspecified atom stereocenters. The Morgan fingerprint density at radius 2 is 2.53 bits per heavy atom. The summed E-state index contributed by atoms with van der Waals surface area (Å²) >= 11 is 0. The van der Waals surface area contributed by atoms with Gasteiger partial charge >= 0.3 is 0 Å². The van der Waals surface area contributed by atoms with Crippen molar-refractivity contribution >= 4 is 5.91 Å². The van der Waals surface area contributed by atoms with Crippen molar-refractivity contribution in [2.24, 2.45) is 0 Å². The van der Waals surface area contributed by atoms with Gasteiger partial charge in [0.15, 0.2) is 0 Å². The third-order valence-corrected chi connectivity index (χ3v) is 2.54. The van der Waals surface area contributed by atoms with Crippen LogP contribution < -0.4 is 10.6 Å². The molecule has 1 atom stereocenters. The second-order valence-corrected chi connectivity index (χ2v) is 3.78.